The first-order valence-corrected chi connectivity index (χ1v) is 8.91. The molecule has 0 fully saturated rings. The van der Waals surface area contributed by atoms with E-state index in [2.05, 4.69) is 20.3 Å². The van der Waals surface area contributed by atoms with Crippen LogP contribution in [-0.4, -0.2) is 15.0 Å². The zero-order chi connectivity index (χ0) is 18.8. The van der Waals surface area contributed by atoms with Crippen molar-refractivity contribution in [3.63, 3.8) is 0 Å². The van der Waals surface area contributed by atoms with E-state index in [1.165, 1.54) is 0 Å². The molecule has 136 valence electrons. The van der Waals surface area contributed by atoms with Crippen molar-refractivity contribution >= 4 is 27.9 Å². The van der Waals surface area contributed by atoms with Crippen LogP contribution in [0.2, 0.25) is 0 Å². The molecular formula is C22H16N4O2. The molecule has 5 aromatic rings. The number of nitrogens with zero attached hydrogens (tertiary/aromatic N) is 3. The van der Waals surface area contributed by atoms with Crippen LogP contribution in [0.15, 0.2) is 83.7 Å². The summed E-state index contributed by atoms with van der Waals surface area (Å²) in [4.78, 5) is 13.1. The summed E-state index contributed by atoms with van der Waals surface area (Å²) in [6.45, 7) is 0.557. The highest BCUT2D eigenvalue weighted by Gasteiger charge is 2.12. The van der Waals surface area contributed by atoms with Gasteiger partial charge in [-0.1, -0.05) is 36.4 Å². The van der Waals surface area contributed by atoms with E-state index in [-0.39, 0.29) is 0 Å². The molecule has 0 aliphatic rings. The molecule has 0 atom stereocenters. The number of ether oxygens (including phenoxy) is 1. The monoisotopic (exact) mass is 368 g/mol. The number of aromatic nitrogens is 3. The number of benzene rings is 2. The molecule has 3 aromatic heterocycles. The Bertz CT molecular complexity index is 1230. The molecule has 0 saturated carbocycles. The summed E-state index contributed by atoms with van der Waals surface area (Å²) in [5, 5.41) is 4.29. The molecule has 6 nitrogen and oxygen atoms in total. The van der Waals surface area contributed by atoms with E-state index in [1.807, 2.05) is 66.7 Å². The van der Waals surface area contributed by atoms with Crippen molar-refractivity contribution < 1.29 is 9.15 Å². The van der Waals surface area contributed by atoms with Gasteiger partial charge in [0.2, 0.25) is 5.88 Å². The number of pyridine rings is 1. The smallest absolute Gasteiger partial charge is 0.219 e. The second kappa shape index (κ2) is 7.00. The maximum absolute atomic E-state index is 5.93. The quantitative estimate of drug-likeness (QED) is 0.461. The first kappa shape index (κ1) is 16.3. The molecule has 5 rings (SSSR count). The van der Waals surface area contributed by atoms with E-state index >= 15 is 0 Å². The lowest BCUT2D eigenvalue weighted by molar-refractivity contribution is 0.462. The van der Waals surface area contributed by atoms with Crippen molar-refractivity contribution in [1.82, 2.24) is 15.0 Å². The minimum absolute atomic E-state index is 0.552. The van der Waals surface area contributed by atoms with Crippen molar-refractivity contribution in [3.05, 3.63) is 84.8 Å². The fraction of sp³-hybridized carbons (Fsp3) is 0.0455. The third-order valence-corrected chi connectivity index (χ3v) is 4.38. The third kappa shape index (κ3) is 3.12. The highest BCUT2D eigenvalue weighted by molar-refractivity contribution is 6.05. The molecule has 2 aromatic carbocycles. The van der Waals surface area contributed by atoms with Crippen LogP contribution in [0.1, 0.15) is 5.56 Å². The van der Waals surface area contributed by atoms with Gasteiger partial charge in [-0.2, -0.15) is 0 Å². The van der Waals surface area contributed by atoms with Crippen molar-refractivity contribution in [2.45, 2.75) is 6.54 Å². The van der Waals surface area contributed by atoms with Crippen LogP contribution in [0.3, 0.4) is 0 Å². The van der Waals surface area contributed by atoms with Gasteiger partial charge in [-0.3, -0.25) is 0 Å². The second-order valence-corrected chi connectivity index (χ2v) is 6.27. The number of furan rings is 1. The first-order valence-electron chi connectivity index (χ1n) is 8.91. The summed E-state index contributed by atoms with van der Waals surface area (Å²) >= 11 is 0. The minimum atomic E-state index is 0.552. The molecule has 28 heavy (non-hydrogen) atoms. The Morgan fingerprint density at radius 2 is 1.71 bits per heavy atom. The summed E-state index contributed by atoms with van der Waals surface area (Å²) in [6, 6.07) is 21.2. The zero-order valence-corrected chi connectivity index (χ0v) is 14.9. The van der Waals surface area contributed by atoms with Crippen molar-refractivity contribution in [2.24, 2.45) is 0 Å². The van der Waals surface area contributed by atoms with E-state index < -0.39 is 0 Å². The van der Waals surface area contributed by atoms with Crippen LogP contribution in [0, 0.1) is 0 Å². The minimum Gasteiger partial charge on any atom is -0.450 e. The number of rotatable bonds is 5. The highest BCUT2D eigenvalue weighted by Crippen LogP contribution is 2.30. The Hall–Kier alpha value is -3.93. The lowest BCUT2D eigenvalue weighted by Gasteiger charge is -2.07. The Balaban J connectivity index is 1.33. The maximum atomic E-state index is 5.93. The molecule has 3 heterocycles. The fourth-order valence-corrected chi connectivity index (χ4v) is 3.02. The Morgan fingerprint density at radius 1 is 0.857 bits per heavy atom. The molecule has 0 aliphatic heterocycles. The van der Waals surface area contributed by atoms with Crippen LogP contribution in [0.5, 0.6) is 11.6 Å². The summed E-state index contributed by atoms with van der Waals surface area (Å²) in [5.74, 6) is 1.97. The zero-order valence-electron chi connectivity index (χ0n) is 14.9. The van der Waals surface area contributed by atoms with Gasteiger partial charge in [0.25, 0.3) is 0 Å². The van der Waals surface area contributed by atoms with Gasteiger partial charge in [-0.25, -0.2) is 15.0 Å². The average molecular weight is 368 g/mol. The van der Waals surface area contributed by atoms with E-state index in [9.17, 15) is 0 Å². The summed E-state index contributed by atoms with van der Waals surface area (Å²) < 4.78 is 11.7. The average Bonchev–Trinajstić information content (AvgIpc) is 3.13. The van der Waals surface area contributed by atoms with Gasteiger partial charge in [0.05, 0.1) is 0 Å². The van der Waals surface area contributed by atoms with Crippen LogP contribution in [0.4, 0.5) is 5.82 Å². The molecule has 0 spiro atoms. The lowest BCUT2D eigenvalue weighted by Crippen LogP contribution is -2.02. The molecule has 0 amide bonds. The summed E-state index contributed by atoms with van der Waals surface area (Å²) in [6.07, 6.45) is 3.32. The lowest BCUT2D eigenvalue weighted by atomic mass is 10.2. The van der Waals surface area contributed by atoms with Gasteiger partial charge in [-0.15, -0.1) is 0 Å². The van der Waals surface area contributed by atoms with E-state index in [4.69, 9.17) is 9.15 Å². The van der Waals surface area contributed by atoms with Crippen LogP contribution < -0.4 is 10.1 Å². The SMILES string of the molecule is c1ccc(Oc2ccc(CNc3ncnc4c3oc3ccccc34)cn2)cc1. The van der Waals surface area contributed by atoms with E-state index in [0.717, 1.165) is 27.8 Å². The topological polar surface area (TPSA) is 73.1 Å². The molecule has 0 unspecified atom stereocenters. The molecule has 0 saturated heterocycles. The number of anilines is 1. The molecule has 0 bridgehead atoms. The van der Waals surface area contributed by atoms with Gasteiger partial charge >= 0.3 is 0 Å². The number of fused-ring (bicyclic) bond motifs is 3. The third-order valence-electron chi connectivity index (χ3n) is 4.38. The standard InChI is InChI=1S/C22H16N4O2/c1-2-6-16(7-3-1)27-19-11-10-15(12-23-19)13-24-22-21-20(25-14-26-22)17-8-4-5-9-18(17)28-21/h1-12,14H,13H2,(H,24,25,26). The molecule has 0 radical (unpaired) electrons. The molecular weight excluding hydrogens is 352 g/mol. The molecule has 6 heteroatoms. The van der Waals surface area contributed by atoms with Crippen LogP contribution in [-0.2, 0) is 6.54 Å². The number of hydrogen-bond donors (Lipinski definition) is 1. The van der Waals surface area contributed by atoms with Crippen LogP contribution in [0.25, 0.3) is 22.1 Å². The maximum Gasteiger partial charge on any atom is 0.219 e. The molecule has 0 aliphatic carbocycles. The van der Waals surface area contributed by atoms with Gasteiger partial charge in [0.1, 0.15) is 23.2 Å². The van der Waals surface area contributed by atoms with Gasteiger partial charge in [-0.05, 0) is 29.8 Å². The highest BCUT2D eigenvalue weighted by atomic mass is 16.5. The van der Waals surface area contributed by atoms with Crippen molar-refractivity contribution in [3.8, 4) is 11.6 Å². The second-order valence-electron chi connectivity index (χ2n) is 6.27. The van der Waals surface area contributed by atoms with Crippen molar-refractivity contribution in [1.29, 1.82) is 0 Å². The Labute approximate surface area is 160 Å². The van der Waals surface area contributed by atoms with Gasteiger partial charge in [0, 0.05) is 24.2 Å². The van der Waals surface area contributed by atoms with Crippen molar-refractivity contribution in [2.75, 3.05) is 5.32 Å². The van der Waals surface area contributed by atoms with Gasteiger partial charge < -0.3 is 14.5 Å². The number of para-hydroxylation sites is 2. The first-order chi connectivity index (χ1) is 13.9. The fourth-order valence-electron chi connectivity index (χ4n) is 3.02. The van der Waals surface area contributed by atoms with Crippen LogP contribution >= 0.6 is 0 Å². The van der Waals surface area contributed by atoms with E-state index in [1.54, 1.807) is 12.5 Å². The Morgan fingerprint density at radius 3 is 2.57 bits per heavy atom. The predicted molar refractivity (Wildman–Crippen MR) is 107 cm³/mol. The molecule has 1 N–H and O–H groups in total. The summed E-state index contributed by atoms with van der Waals surface area (Å²) in [7, 11) is 0. The normalized spacial score (nSPS) is 11.0. The number of hydrogen-bond acceptors (Lipinski definition) is 6. The number of nitrogens with one attached hydrogen (secondary N) is 1. The predicted octanol–water partition coefficient (Wildman–Crippen LogP) is 5.18. The van der Waals surface area contributed by atoms with Gasteiger partial charge in [0.15, 0.2) is 11.4 Å². The Kier molecular flexibility index (Phi) is 4.06. The summed E-state index contributed by atoms with van der Waals surface area (Å²) in [5.41, 5.74) is 3.26. The van der Waals surface area contributed by atoms with E-state index in [0.29, 0.717) is 23.8 Å². The largest absolute Gasteiger partial charge is 0.450 e.